The van der Waals surface area contributed by atoms with E-state index in [1.165, 1.54) is 57.8 Å². The summed E-state index contributed by atoms with van der Waals surface area (Å²) >= 11 is 0. The minimum atomic E-state index is 0.216. The largest absolute Gasteiger partial charge is 0.356 e. The second-order valence-electron chi connectivity index (χ2n) is 5.28. The van der Waals surface area contributed by atoms with E-state index in [4.69, 9.17) is 0 Å². The lowest BCUT2D eigenvalue weighted by Gasteiger charge is -2.04. The highest BCUT2D eigenvalue weighted by molar-refractivity contribution is 5.75. The molecule has 0 bridgehead atoms. The fraction of sp³-hybridized carbons (Fsp3) is 0.944. The van der Waals surface area contributed by atoms with E-state index in [2.05, 4.69) is 12.2 Å². The van der Waals surface area contributed by atoms with Gasteiger partial charge in [-0.3, -0.25) is 4.79 Å². The van der Waals surface area contributed by atoms with Crippen LogP contribution in [0.3, 0.4) is 0 Å². The number of carbonyl (C=O) groups is 1. The Kier molecular flexibility index (Phi) is 22.6. The van der Waals surface area contributed by atoms with E-state index in [1.807, 2.05) is 20.8 Å². The maximum atomic E-state index is 11.2. The second-order valence-corrected chi connectivity index (χ2v) is 5.28. The Labute approximate surface area is 128 Å². The molecule has 0 aliphatic heterocycles. The van der Waals surface area contributed by atoms with E-state index in [0.29, 0.717) is 6.42 Å². The summed E-state index contributed by atoms with van der Waals surface area (Å²) in [6, 6.07) is 0. The Balaban J connectivity index is 0. The lowest BCUT2D eigenvalue weighted by molar-refractivity contribution is -0.121. The van der Waals surface area contributed by atoms with Gasteiger partial charge in [0.25, 0.3) is 0 Å². The van der Waals surface area contributed by atoms with Crippen LogP contribution in [0.5, 0.6) is 0 Å². The van der Waals surface area contributed by atoms with Gasteiger partial charge in [0.2, 0.25) is 5.91 Å². The van der Waals surface area contributed by atoms with E-state index in [9.17, 15) is 4.79 Å². The Hall–Kier alpha value is -0.530. The fourth-order valence-electron chi connectivity index (χ4n) is 2.16. The van der Waals surface area contributed by atoms with Crippen LogP contribution in [0.4, 0.5) is 0 Å². The van der Waals surface area contributed by atoms with Crippen molar-refractivity contribution >= 4 is 5.91 Å². The molecule has 0 radical (unpaired) electrons. The zero-order valence-electron chi connectivity index (χ0n) is 14.6. The molecule has 1 N–H and O–H groups in total. The van der Waals surface area contributed by atoms with Gasteiger partial charge >= 0.3 is 0 Å². The lowest BCUT2D eigenvalue weighted by atomic mass is 10.1. The summed E-state index contributed by atoms with van der Waals surface area (Å²) in [7, 11) is 0. The predicted molar refractivity (Wildman–Crippen MR) is 91.1 cm³/mol. The topological polar surface area (TPSA) is 29.1 Å². The first-order valence-electron chi connectivity index (χ1n) is 9.08. The number of amides is 1. The van der Waals surface area contributed by atoms with Crippen LogP contribution >= 0.6 is 0 Å². The average molecular weight is 286 g/mol. The van der Waals surface area contributed by atoms with Crippen LogP contribution < -0.4 is 5.32 Å². The van der Waals surface area contributed by atoms with Gasteiger partial charge in [0, 0.05) is 13.0 Å². The number of hydrogen-bond donors (Lipinski definition) is 1. The van der Waals surface area contributed by atoms with Gasteiger partial charge in [-0.2, -0.15) is 0 Å². The van der Waals surface area contributed by atoms with Crippen molar-refractivity contribution in [2.45, 2.75) is 105 Å². The molecule has 1 amide bonds. The van der Waals surface area contributed by atoms with Crippen molar-refractivity contribution in [3.63, 3.8) is 0 Å². The number of nitrogens with one attached hydrogen (secondary N) is 1. The van der Waals surface area contributed by atoms with Crippen molar-refractivity contribution in [3.05, 3.63) is 0 Å². The molecule has 0 aromatic rings. The quantitative estimate of drug-likeness (QED) is 0.422. The molecule has 2 heteroatoms. The van der Waals surface area contributed by atoms with Gasteiger partial charge in [-0.15, -0.1) is 0 Å². The molecule has 0 saturated heterocycles. The highest BCUT2D eigenvalue weighted by atomic mass is 16.1. The van der Waals surface area contributed by atoms with Gasteiger partial charge in [0.15, 0.2) is 0 Å². The summed E-state index contributed by atoms with van der Waals surface area (Å²) in [6.07, 6.45) is 15.1. The molecule has 2 nitrogen and oxygen atoms in total. The van der Waals surface area contributed by atoms with Crippen molar-refractivity contribution in [2.75, 3.05) is 6.54 Å². The fourth-order valence-corrected chi connectivity index (χ4v) is 2.16. The number of unbranched alkanes of at least 4 members (excludes halogenated alkanes) is 9. The van der Waals surface area contributed by atoms with Gasteiger partial charge in [-0.25, -0.2) is 0 Å². The van der Waals surface area contributed by atoms with Gasteiger partial charge in [-0.1, -0.05) is 85.5 Å². The molecule has 0 aliphatic carbocycles. The molecule has 0 fully saturated rings. The number of carbonyl (C=O) groups excluding carboxylic acids is 1. The molecule has 122 valence electrons. The van der Waals surface area contributed by atoms with E-state index < -0.39 is 0 Å². The van der Waals surface area contributed by atoms with E-state index in [0.717, 1.165) is 19.4 Å². The molecule has 0 atom stereocenters. The summed E-state index contributed by atoms with van der Waals surface area (Å²) in [5.41, 5.74) is 0. The van der Waals surface area contributed by atoms with Crippen molar-refractivity contribution < 1.29 is 4.79 Å². The highest BCUT2D eigenvalue weighted by Crippen LogP contribution is 2.10. The van der Waals surface area contributed by atoms with Gasteiger partial charge < -0.3 is 5.32 Å². The number of rotatable bonds is 13. The van der Waals surface area contributed by atoms with Gasteiger partial charge in [0.1, 0.15) is 0 Å². The molecule has 20 heavy (non-hydrogen) atoms. The predicted octanol–water partition coefficient (Wildman–Crippen LogP) is 5.85. The molecule has 0 aliphatic rings. The minimum absolute atomic E-state index is 0.216. The molecule has 0 unspecified atom stereocenters. The summed E-state index contributed by atoms with van der Waals surface area (Å²) in [4.78, 5) is 11.2. The molecular formula is C18H39NO. The third-order valence-electron chi connectivity index (χ3n) is 3.33. The maximum absolute atomic E-state index is 11.2. The zero-order valence-corrected chi connectivity index (χ0v) is 14.6. The van der Waals surface area contributed by atoms with Crippen molar-refractivity contribution in [3.8, 4) is 0 Å². The highest BCUT2D eigenvalue weighted by Gasteiger charge is 1.97. The third-order valence-corrected chi connectivity index (χ3v) is 3.33. The standard InChI is InChI=1S/C16H33NO.C2H6/c1-3-5-6-7-8-9-10-11-12-13-15-17-16(18)14-4-2;1-2/h3-15H2,1-2H3,(H,17,18);1-2H3. The number of hydrogen-bond acceptors (Lipinski definition) is 1. The Morgan fingerprint density at radius 1 is 0.700 bits per heavy atom. The van der Waals surface area contributed by atoms with Crippen LogP contribution in [0.1, 0.15) is 105 Å². The monoisotopic (exact) mass is 285 g/mol. The van der Waals surface area contributed by atoms with Crippen LogP contribution in [-0.4, -0.2) is 12.5 Å². The lowest BCUT2D eigenvalue weighted by Crippen LogP contribution is -2.23. The summed E-state index contributed by atoms with van der Waals surface area (Å²) < 4.78 is 0. The smallest absolute Gasteiger partial charge is 0.219 e. The molecular weight excluding hydrogens is 246 g/mol. The Morgan fingerprint density at radius 3 is 1.60 bits per heavy atom. The summed E-state index contributed by atoms with van der Waals surface area (Å²) in [6.45, 7) is 9.18. The molecule has 0 rings (SSSR count). The minimum Gasteiger partial charge on any atom is -0.356 e. The second kappa shape index (κ2) is 20.8. The van der Waals surface area contributed by atoms with E-state index in [-0.39, 0.29) is 5.91 Å². The molecule has 0 saturated carbocycles. The molecule has 0 heterocycles. The van der Waals surface area contributed by atoms with Crippen molar-refractivity contribution in [1.82, 2.24) is 5.32 Å². The zero-order chi connectivity index (χ0) is 15.5. The first kappa shape index (κ1) is 21.8. The van der Waals surface area contributed by atoms with Crippen LogP contribution in [0.15, 0.2) is 0 Å². The van der Waals surface area contributed by atoms with E-state index >= 15 is 0 Å². The van der Waals surface area contributed by atoms with Crippen LogP contribution in [0, 0.1) is 0 Å². The molecule has 0 aromatic carbocycles. The summed E-state index contributed by atoms with van der Waals surface area (Å²) in [5, 5.41) is 2.97. The normalized spacial score (nSPS) is 9.80. The van der Waals surface area contributed by atoms with Crippen molar-refractivity contribution in [2.24, 2.45) is 0 Å². The van der Waals surface area contributed by atoms with Crippen LogP contribution in [-0.2, 0) is 4.79 Å². The average Bonchev–Trinajstić information content (AvgIpc) is 2.47. The molecule has 0 spiro atoms. The SMILES string of the molecule is CC.CCCCCCCCCCCCNC(=O)CCC. The van der Waals surface area contributed by atoms with Gasteiger partial charge in [-0.05, 0) is 12.8 Å². The first-order valence-corrected chi connectivity index (χ1v) is 9.08. The Bertz CT molecular complexity index is 180. The summed E-state index contributed by atoms with van der Waals surface area (Å²) in [5.74, 6) is 0.216. The van der Waals surface area contributed by atoms with Gasteiger partial charge in [0.05, 0.1) is 0 Å². The third kappa shape index (κ3) is 19.8. The van der Waals surface area contributed by atoms with Crippen molar-refractivity contribution in [1.29, 1.82) is 0 Å². The molecule has 0 aromatic heterocycles. The van der Waals surface area contributed by atoms with Crippen LogP contribution in [0.2, 0.25) is 0 Å². The first-order chi connectivity index (χ1) is 9.81. The Morgan fingerprint density at radius 2 is 1.15 bits per heavy atom. The van der Waals surface area contributed by atoms with Crippen LogP contribution in [0.25, 0.3) is 0 Å². The maximum Gasteiger partial charge on any atom is 0.219 e. The van der Waals surface area contributed by atoms with E-state index in [1.54, 1.807) is 0 Å².